The highest BCUT2D eigenvalue weighted by atomic mass is 32.2. The number of nitrogens with zero attached hydrogens (tertiary/aromatic N) is 1. The van der Waals surface area contributed by atoms with Crippen molar-refractivity contribution in [2.24, 2.45) is 0 Å². The summed E-state index contributed by atoms with van der Waals surface area (Å²) in [4.78, 5) is 12.1. The predicted molar refractivity (Wildman–Crippen MR) is 103 cm³/mol. The molecule has 0 aliphatic rings. The summed E-state index contributed by atoms with van der Waals surface area (Å²) in [6.07, 6.45) is 0.967. The first-order chi connectivity index (χ1) is 12.6. The molecule has 0 heterocycles. The number of hydrogen-bond acceptors (Lipinski definition) is 4. The van der Waals surface area contributed by atoms with E-state index in [0.29, 0.717) is 5.75 Å². The fourth-order valence-corrected chi connectivity index (χ4v) is 3.44. The number of benzene rings is 2. The topological polar surface area (TPSA) is 75.7 Å². The molecule has 1 amide bonds. The molecule has 0 saturated carbocycles. The number of carbonyl (C=O) groups is 1. The van der Waals surface area contributed by atoms with Crippen LogP contribution in [0.25, 0.3) is 0 Å². The molecule has 0 unspecified atom stereocenters. The lowest BCUT2D eigenvalue weighted by Crippen LogP contribution is -2.41. The first kappa shape index (κ1) is 20.7. The maximum absolute atomic E-state index is 13.4. The molecule has 0 aliphatic carbocycles. The van der Waals surface area contributed by atoms with Gasteiger partial charge in [0.1, 0.15) is 24.7 Å². The smallest absolute Gasteiger partial charge is 0.240 e. The van der Waals surface area contributed by atoms with Crippen molar-refractivity contribution in [3.63, 3.8) is 0 Å². The van der Waals surface area contributed by atoms with Crippen molar-refractivity contribution in [2.45, 2.75) is 13.8 Å². The number of anilines is 1. The number of nitrogens with one attached hydrogen (secondary N) is 1. The molecule has 2 rings (SSSR count). The van der Waals surface area contributed by atoms with Crippen LogP contribution >= 0.6 is 0 Å². The second-order valence-corrected chi connectivity index (χ2v) is 8.18. The first-order valence-electron chi connectivity index (χ1n) is 8.36. The van der Waals surface area contributed by atoms with Crippen molar-refractivity contribution in [2.75, 3.05) is 30.3 Å². The van der Waals surface area contributed by atoms with Crippen molar-refractivity contribution in [3.05, 3.63) is 59.4 Å². The Labute approximate surface area is 159 Å². The maximum atomic E-state index is 13.4. The fraction of sp³-hybridized carbons (Fsp3) is 0.316. The zero-order chi connectivity index (χ0) is 20.0. The zero-order valence-corrected chi connectivity index (χ0v) is 16.3. The Balaban J connectivity index is 1.90. The van der Waals surface area contributed by atoms with Crippen molar-refractivity contribution >= 4 is 21.6 Å². The van der Waals surface area contributed by atoms with E-state index in [1.165, 1.54) is 18.2 Å². The molecule has 8 heteroatoms. The van der Waals surface area contributed by atoms with Gasteiger partial charge in [0.25, 0.3) is 0 Å². The lowest BCUT2D eigenvalue weighted by Gasteiger charge is -2.21. The number of aryl methyl sites for hydroxylation is 2. The van der Waals surface area contributed by atoms with Gasteiger partial charge in [-0.1, -0.05) is 12.1 Å². The first-order valence-corrected chi connectivity index (χ1v) is 10.2. The third kappa shape index (κ3) is 6.56. The molecule has 6 nitrogen and oxygen atoms in total. The number of halogens is 1. The molecule has 146 valence electrons. The molecular formula is C19H23FN2O4S. The lowest BCUT2D eigenvalue weighted by atomic mass is 10.1. The molecule has 0 aliphatic heterocycles. The van der Waals surface area contributed by atoms with Crippen LogP contribution in [0.3, 0.4) is 0 Å². The molecule has 0 fully saturated rings. The van der Waals surface area contributed by atoms with E-state index in [4.69, 9.17) is 4.74 Å². The molecule has 0 spiro atoms. The monoisotopic (exact) mass is 394 g/mol. The van der Waals surface area contributed by atoms with Crippen molar-refractivity contribution in [3.8, 4) is 5.75 Å². The van der Waals surface area contributed by atoms with E-state index in [0.717, 1.165) is 27.8 Å². The van der Waals surface area contributed by atoms with Gasteiger partial charge in [0.2, 0.25) is 15.9 Å². The highest BCUT2D eigenvalue weighted by Crippen LogP contribution is 2.18. The standard InChI is InChI=1S/C19H23FN2O4S/c1-14-9-15(2)11-18(10-14)26-8-7-21-19(23)13-22(27(3,24)25)17-6-4-5-16(20)12-17/h4-6,9-12H,7-8,13H2,1-3H3,(H,21,23). The second-order valence-electron chi connectivity index (χ2n) is 6.27. The van der Waals surface area contributed by atoms with Gasteiger partial charge in [-0.25, -0.2) is 12.8 Å². The molecule has 0 atom stereocenters. The van der Waals surface area contributed by atoms with Gasteiger partial charge in [-0.3, -0.25) is 9.10 Å². The number of carbonyl (C=O) groups excluding carboxylic acids is 1. The number of ether oxygens (including phenoxy) is 1. The number of sulfonamides is 1. The Kier molecular flexibility index (Phi) is 6.79. The van der Waals surface area contributed by atoms with Crippen molar-refractivity contribution in [1.82, 2.24) is 5.32 Å². The van der Waals surface area contributed by atoms with Gasteiger partial charge in [-0.15, -0.1) is 0 Å². The fourth-order valence-electron chi connectivity index (χ4n) is 2.59. The van der Waals surface area contributed by atoms with E-state index in [2.05, 4.69) is 5.32 Å². The van der Waals surface area contributed by atoms with Crippen LogP contribution < -0.4 is 14.4 Å². The molecule has 0 aromatic heterocycles. The van der Waals surface area contributed by atoms with Crippen molar-refractivity contribution in [1.29, 1.82) is 0 Å². The van der Waals surface area contributed by atoms with Gasteiger partial charge >= 0.3 is 0 Å². The summed E-state index contributed by atoms with van der Waals surface area (Å²) < 4.78 is 43.7. The molecule has 0 bridgehead atoms. The maximum Gasteiger partial charge on any atom is 0.240 e. The summed E-state index contributed by atoms with van der Waals surface area (Å²) in [6, 6.07) is 10.9. The van der Waals surface area contributed by atoms with E-state index >= 15 is 0 Å². The van der Waals surface area contributed by atoms with E-state index in [1.807, 2.05) is 32.0 Å². The summed E-state index contributed by atoms with van der Waals surface area (Å²) >= 11 is 0. The van der Waals surface area contributed by atoms with Crippen LogP contribution in [0, 0.1) is 19.7 Å². The van der Waals surface area contributed by atoms with Gasteiger partial charge in [-0.05, 0) is 55.3 Å². The van der Waals surface area contributed by atoms with Crippen LogP contribution in [0.4, 0.5) is 10.1 Å². The van der Waals surface area contributed by atoms with Crippen LogP contribution in [0.2, 0.25) is 0 Å². The number of rotatable bonds is 8. The molecular weight excluding hydrogens is 371 g/mol. The summed E-state index contributed by atoms with van der Waals surface area (Å²) in [5.74, 6) is -0.378. The van der Waals surface area contributed by atoms with Crippen LogP contribution in [0.1, 0.15) is 11.1 Å². The zero-order valence-electron chi connectivity index (χ0n) is 15.5. The molecule has 0 radical (unpaired) electrons. The number of hydrogen-bond donors (Lipinski definition) is 1. The Morgan fingerprint density at radius 2 is 1.81 bits per heavy atom. The van der Waals surface area contributed by atoms with Gasteiger partial charge in [0.15, 0.2) is 0 Å². The lowest BCUT2D eigenvalue weighted by molar-refractivity contribution is -0.119. The summed E-state index contributed by atoms with van der Waals surface area (Å²) in [7, 11) is -3.74. The van der Waals surface area contributed by atoms with Gasteiger partial charge in [-0.2, -0.15) is 0 Å². The largest absolute Gasteiger partial charge is 0.492 e. The Hall–Kier alpha value is -2.61. The summed E-state index contributed by atoms with van der Waals surface area (Å²) in [6.45, 7) is 3.95. The highest BCUT2D eigenvalue weighted by molar-refractivity contribution is 7.92. The summed E-state index contributed by atoms with van der Waals surface area (Å²) in [5.41, 5.74) is 2.25. The van der Waals surface area contributed by atoms with E-state index < -0.39 is 28.3 Å². The average molecular weight is 394 g/mol. The SMILES string of the molecule is Cc1cc(C)cc(OCCNC(=O)CN(c2cccc(F)c2)S(C)(=O)=O)c1. The van der Waals surface area contributed by atoms with Crippen LogP contribution in [-0.2, 0) is 14.8 Å². The van der Waals surface area contributed by atoms with E-state index in [-0.39, 0.29) is 18.8 Å². The minimum Gasteiger partial charge on any atom is -0.492 e. The average Bonchev–Trinajstić information content (AvgIpc) is 2.54. The van der Waals surface area contributed by atoms with Crippen LogP contribution in [-0.4, -0.2) is 40.3 Å². The minimum absolute atomic E-state index is 0.0964. The second kappa shape index (κ2) is 8.85. The third-order valence-electron chi connectivity index (χ3n) is 3.67. The Morgan fingerprint density at radius 1 is 1.15 bits per heavy atom. The molecule has 0 saturated heterocycles. The summed E-state index contributed by atoms with van der Waals surface area (Å²) in [5, 5.41) is 2.61. The van der Waals surface area contributed by atoms with E-state index in [9.17, 15) is 17.6 Å². The van der Waals surface area contributed by atoms with Gasteiger partial charge in [0, 0.05) is 0 Å². The van der Waals surface area contributed by atoms with Crippen LogP contribution in [0.5, 0.6) is 5.75 Å². The molecule has 27 heavy (non-hydrogen) atoms. The minimum atomic E-state index is -3.74. The van der Waals surface area contributed by atoms with Crippen molar-refractivity contribution < 1.29 is 22.3 Å². The predicted octanol–water partition coefficient (Wildman–Crippen LogP) is 2.40. The van der Waals surface area contributed by atoms with Gasteiger partial charge in [0.05, 0.1) is 18.5 Å². The van der Waals surface area contributed by atoms with E-state index in [1.54, 1.807) is 0 Å². The molecule has 2 aromatic rings. The quantitative estimate of drug-likeness (QED) is 0.698. The normalized spacial score (nSPS) is 11.1. The van der Waals surface area contributed by atoms with Gasteiger partial charge < -0.3 is 10.1 Å². The Bertz CT molecular complexity index is 895. The third-order valence-corrected chi connectivity index (χ3v) is 4.81. The molecule has 2 aromatic carbocycles. The highest BCUT2D eigenvalue weighted by Gasteiger charge is 2.21. The van der Waals surface area contributed by atoms with Crippen LogP contribution in [0.15, 0.2) is 42.5 Å². The Morgan fingerprint density at radius 3 is 2.41 bits per heavy atom. The number of amides is 1. The molecule has 1 N–H and O–H groups in total.